The molecule has 1 atom stereocenters. The highest BCUT2D eigenvalue weighted by molar-refractivity contribution is 5.96. The van der Waals surface area contributed by atoms with Gasteiger partial charge in [0.1, 0.15) is 0 Å². The molecule has 0 radical (unpaired) electrons. The van der Waals surface area contributed by atoms with Crippen molar-refractivity contribution in [2.75, 3.05) is 13.1 Å². The number of carbonyl (C=O) groups excluding carboxylic acids is 2. The van der Waals surface area contributed by atoms with Crippen LogP contribution >= 0.6 is 0 Å². The lowest BCUT2D eigenvalue weighted by Crippen LogP contribution is -2.48. The Bertz CT molecular complexity index is 264. The van der Waals surface area contributed by atoms with Gasteiger partial charge in [-0.3, -0.25) is 10.1 Å². The zero-order valence-electron chi connectivity index (χ0n) is 10.7. The molecular weight excluding hydrogens is 218 g/mol. The zero-order chi connectivity index (χ0) is 12.7. The van der Waals surface area contributed by atoms with E-state index in [0.29, 0.717) is 6.54 Å². The number of nitrogens with one attached hydrogen (secondary N) is 3. The minimum atomic E-state index is -0.426. The summed E-state index contributed by atoms with van der Waals surface area (Å²) in [5, 5.41) is 7.96. The Hall–Kier alpha value is -1.10. The summed E-state index contributed by atoms with van der Waals surface area (Å²) in [5.41, 5.74) is 0. The average molecular weight is 241 g/mol. The minimum absolute atomic E-state index is 0.274. The van der Waals surface area contributed by atoms with Gasteiger partial charge in [-0.1, -0.05) is 19.3 Å². The van der Waals surface area contributed by atoms with Crippen molar-refractivity contribution < 1.29 is 9.59 Å². The molecule has 0 aromatic carbocycles. The second-order valence-electron chi connectivity index (χ2n) is 4.61. The van der Waals surface area contributed by atoms with Crippen LogP contribution in [-0.4, -0.2) is 31.1 Å². The maximum atomic E-state index is 11.6. The first-order valence-electron chi connectivity index (χ1n) is 6.45. The van der Waals surface area contributed by atoms with Gasteiger partial charge < -0.3 is 10.6 Å². The molecular formula is C12H23N3O2. The second-order valence-corrected chi connectivity index (χ2v) is 4.61. The first-order chi connectivity index (χ1) is 8.13. The van der Waals surface area contributed by atoms with E-state index >= 15 is 0 Å². The van der Waals surface area contributed by atoms with E-state index in [9.17, 15) is 9.59 Å². The lowest BCUT2D eigenvalue weighted by molar-refractivity contribution is -0.121. The van der Waals surface area contributed by atoms with Gasteiger partial charge in [0.25, 0.3) is 0 Å². The summed E-state index contributed by atoms with van der Waals surface area (Å²) in [5.74, 6) is 0.561. The molecule has 0 aromatic rings. The number of carbonyl (C=O) groups is 2. The molecule has 5 heteroatoms. The van der Waals surface area contributed by atoms with E-state index in [4.69, 9.17) is 0 Å². The molecule has 0 heterocycles. The average Bonchev–Trinajstić information content (AvgIpc) is 2.21. The Morgan fingerprint density at radius 1 is 1.35 bits per heavy atom. The number of urea groups is 1. The van der Waals surface area contributed by atoms with Crippen LogP contribution in [0.2, 0.25) is 0 Å². The monoisotopic (exact) mass is 241 g/mol. The summed E-state index contributed by atoms with van der Waals surface area (Å²) in [6, 6.07) is -0.747. The summed E-state index contributed by atoms with van der Waals surface area (Å²) in [6.45, 7) is 4.94. The molecule has 1 fully saturated rings. The maximum absolute atomic E-state index is 11.6. The lowest BCUT2D eigenvalue weighted by atomic mass is 9.83. The fraction of sp³-hybridized carbons (Fsp3) is 0.833. The number of amides is 3. The van der Waals surface area contributed by atoms with Crippen LogP contribution in [0.25, 0.3) is 0 Å². The number of hydrogen-bond donors (Lipinski definition) is 3. The zero-order valence-corrected chi connectivity index (χ0v) is 10.7. The van der Waals surface area contributed by atoms with Gasteiger partial charge in [-0.05, 0) is 32.7 Å². The van der Waals surface area contributed by atoms with E-state index in [0.717, 1.165) is 18.9 Å². The molecule has 0 spiro atoms. The van der Waals surface area contributed by atoms with E-state index < -0.39 is 6.03 Å². The minimum Gasteiger partial charge on any atom is -0.338 e. The van der Waals surface area contributed by atoms with Crippen molar-refractivity contribution in [3.63, 3.8) is 0 Å². The summed E-state index contributed by atoms with van der Waals surface area (Å²) < 4.78 is 0. The van der Waals surface area contributed by atoms with Crippen LogP contribution in [-0.2, 0) is 4.79 Å². The Balaban J connectivity index is 2.10. The van der Waals surface area contributed by atoms with Crippen molar-refractivity contribution in [1.82, 2.24) is 16.0 Å². The van der Waals surface area contributed by atoms with Gasteiger partial charge in [-0.25, -0.2) is 4.79 Å². The maximum Gasteiger partial charge on any atom is 0.321 e. The van der Waals surface area contributed by atoms with Crippen LogP contribution in [0.5, 0.6) is 0 Å². The molecule has 0 saturated heterocycles. The molecule has 0 bridgehead atoms. The molecule has 5 nitrogen and oxygen atoms in total. The molecule has 1 unspecified atom stereocenters. The van der Waals surface area contributed by atoms with Crippen molar-refractivity contribution in [3.8, 4) is 0 Å². The van der Waals surface area contributed by atoms with E-state index in [1.165, 1.54) is 19.3 Å². The van der Waals surface area contributed by atoms with Gasteiger partial charge in [0.15, 0.2) is 0 Å². The molecule has 0 aliphatic heterocycles. The van der Waals surface area contributed by atoms with Crippen molar-refractivity contribution in [3.05, 3.63) is 0 Å². The Labute approximate surface area is 103 Å². The summed E-state index contributed by atoms with van der Waals surface area (Å²) in [7, 11) is 0. The third kappa shape index (κ3) is 5.17. The van der Waals surface area contributed by atoms with Gasteiger partial charge in [0.05, 0.1) is 6.04 Å². The molecule has 1 rings (SSSR count). The van der Waals surface area contributed by atoms with Crippen LogP contribution < -0.4 is 16.0 Å². The van der Waals surface area contributed by atoms with E-state index in [-0.39, 0.29) is 11.9 Å². The molecule has 1 aliphatic carbocycles. The van der Waals surface area contributed by atoms with E-state index in [1.807, 2.05) is 6.92 Å². The fourth-order valence-corrected chi connectivity index (χ4v) is 1.80. The Morgan fingerprint density at radius 3 is 2.59 bits per heavy atom. The molecule has 17 heavy (non-hydrogen) atoms. The largest absolute Gasteiger partial charge is 0.338 e. The van der Waals surface area contributed by atoms with Crippen molar-refractivity contribution in [1.29, 1.82) is 0 Å². The van der Waals surface area contributed by atoms with Gasteiger partial charge in [0.2, 0.25) is 5.91 Å². The normalized spacial score (nSPS) is 17.1. The Morgan fingerprint density at radius 2 is 2.06 bits per heavy atom. The number of hydrogen-bond acceptors (Lipinski definition) is 3. The number of imide groups is 1. The van der Waals surface area contributed by atoms with E-state index in [1.54, 1.807) is 6.92 Å². The van der Waals surface area contributed by atoms with E-state index in [2.05, 4.69) is 16.0 Å². The van der Waals surface area contributed by atoms with Gasteiger partial charge in [-0.2, -0.15) is 0 Å². The van der Waals surface area contributed by atoms with Crippen molar-refractivity contribution in [2.45, 2.75) is 45.6 Å². The Kier molecular flexibility index (Phi) is 5.97. The van der Waals surface area contributed by atoms with Crippen molar-refractivity contribution in [2.24, 2.45) is 5.92 Å². The summed E-state index contributed by atoms with van der Waals surface area (Å²) in [4.78, 5) is 22.7. The van der Waals surface area contributed by atoms with Gasteiger partial charge >= 0.3 is 6.03 Å². The van der Waals surface area contributed by atoms with Crippen molar-refractivity contribution >= 4 is 11.9 Å². The lowest BCUT2D eigenvalue weighted by Gasteiger charge is -2.25. The third-order valence-electron chi connectivity index (χ3n) is 3.20. The van der Waals surface area contributed by atoms with Crippen LogP contribution in [0.4, 0.5) is 4.79 Å². The second kappa shape index (κ2) is 7.27. The van der Waals surface area contributed by atoms with Crippen LogP contribution in [0.1, 0.15) is 39.5 Å². The van der Waals surface area contributed by atoms with Crippen LogP contribution in [0, 0.1) is 5.92 Å². The highest BCUT2D eigenvalue weighted by Gasteiger charge is 2.18. The number of rotatable bonds is 6. The summed E-state index contributed by atoms with van der Waals surface area (Å²) >= 11 is 0. The third-order valence-corrected chi connectivity index (χ3v) is 3.20. The predicted molar refractivity (Wildman–Crippen MR) is 66.6 cm³/mol. The first-order valence-corrected chi connectivity index (χ1v) is 6.45. The molecule has 3 amide bonds. The molecule has 98 valence electrons. The van der Waals surface area contributed by atoms with Crippen LogP contribution in [0.3, 0.4) is 0 Å². The summed E-state index contributed by atoms with van der Waals surface area (Å²) in [6.07, 6.45) is 5.11. The molecule has 0 aromatic heterocycles. The smallest absolute Gasteiger partial charge is 0.321 e. The topological polar surface area (TPSA) is 70.2 Å². The highest BCUT2D eigenvalue weighted by atomic mass is 16.2. The predicted octanol–water partition coefficient (Wildman–Crippen LogP) is 1.00. The highest BCUT2D eigenvalue weighted by Crippen LogP contribution is 2.28. The van der Waals surface area contributed by atoms with Gasteiger partial charge in [0, 0.05) is 6.54 Å². The SMILES string of the molecule is CCNC(=O)NC(=O)C(C)NCCC1CCC1. The van der Waals surface area contributed by atoms with Gasteiger partial charge in [-0.15, -0.1) is 0 Å². The quantitative estimate of drug-likeness (QED) is 0.649. The first kappa shape index (κ1) is 14.0. The molecule has 3 N–H and O–H groups in total. The van der Waals surface area contributed by atoms with Crippen LogP contribution in [0.15, 0.2) is 0 Å². The standard InChI is InChI=1S/C12H23N3O2/c1-3-13-12(17)15-11(16)9(2)14-8-7-10-5-4-6-10/h9-10,14H,3-8H2,1-2H3,(H2,13,15,16,17). The molecule has 1 aliphatic rings. The fourth-order valence-electron chi connectivity index (χ4n) is 1.80. The molecule has 1 saturated carbocycles.